The zero-order valence-corrected chi connectivity index (χ0v) is 8.58. The number of nitrogens with zero attached hydrogens (tertiary/aromatic N) is 1. The average Bonchev–Trinajstić information content (AvgIpc) is 2.68. The molecule has 2 aromatic rings. The first-order valence-electron chi connectivity index (χ1n) is 4.88. The molecular weight excluding hydrogens is 188 g/mol. The van der Waals surface area contributed by atoms with Gasteiger partial charge in [0.05, 0.1) is 11.0 Å². The summed E-state index contributed by atoms with van der Waals surface area (Å²) < 4.78 is 5.32. The first-order valence-corrected chi connectivity index (χ1v) is 4.88. The zero-order chi connectivity index (χ0) is 10.7. The Morgan fingerprint density at radius 3 is 3.13 bits per heavy atom. The molecule has 3 nitrogen and oxygen atoms in total. The van der Waals surface area contributed by atoms with Gasteiger partial charge in [-0.3, -0.25) is 0 Å². The van der Waals surface area contributed by atoms with Crippen molar-refractivity contribution >= 4 is 11.0 Å². The Labute approximate surface area is 88.5 Å². The highest BCUT2D eigenvalue weighted by atomic mass is 16.5. The van der Waals surface area contributed by atoms with Crippen molar-refractivity contribution < 1.29 is 4.74 Å². The standard InChI is InChI=1S/C12H12N2O/c1-3-7-15-9-5-6-10-11(8-9)14-12(4-2)13-10/h1,5-6,8H,4,7H2,2H3,(H,13,14). The number of H-pyrrole nitrogens is 1. The highest BCUT2D eigenvalue weighted by Gasteiger charge is 2.02. The third kappa shape index (κ3) is 1.94. The number of imidazole rings is 1. The SMILES string of the molecule is C#CCOc1ccc2nc(CC)[nH]c2c1. The molecule has 1 N–H and O–H groups in total. The summed E-state index contributed by atoms with van der Waals surface area (Å²) in [5.41, 5.74) is 1.95. The molecule has 0 aliphatic carbocycles. The van der Waals surface area contributed by atoms with Crippen LogP contribution < -0.4 is 4.74 Å². The van der Waals surface area contributed by atoms with Gasteiger partial charge in [-0.2, -0.15) is 0 Å². The predicted octanol–water partition coefficient (Wildman–Crippen LogP) is 2.14. The van der Waals surface area contributed by atoms with E-state index in [2.05, 4.69) is 22.8 Å². The molecule has 0 amide bonds. The third-order valence-corrected chi connectivity index (χ3v) is 2.16. The molecule has 0 aliphatic rings. The fourth-order valence-electron chi connectivity index (χ4n) is 1.42. The maximum Gasteiger partial charge on any atom is 0.148 e. The van der Waals surface area contributed by atoms with Gasteiger partial charge in [-0.05, 0) is 12.1 Å². The summed E-state index contributed by atoms with van der Waals surface area (Å²) in [5.74, 6) is 4.19. The van der Waals surface area contributed by atoms with Crippen LogP contribution in [0.1, 0.15) is 12.7 Å². The summed E-state index contributed by atoms with van der Waals surface area (Å²) in [6.45, 7) is 2.35. The van der Waals surface area contributed by atoms with E-state index in [-0.39, 0.29) is 0 Å². The normalized spacial score (nSPS) is 10.1. The van der Waals surface area contributed by atoms with Crippen LogP contribution in [-0.2, 0) is 6.42 Å². The second kappa shape index (κ2) is 4.05. The molecular formula is C12H12N2O. The Hall–Kier alpha value is -1.95. The van der Waals surface area contributed by atoms with E-state index in [1.54, 1.807) is 0 Å². The van der Waals surface area contributed by atoms with E-state index in [4.69, 9.17) is 11.2 Å². The Balaban J connectivity index is 2.34. The molecule has 0 radical (unpaired) electrons. The van der Waals surface area contributed by atoms with Crippen LogP contribution in [0.25, 0.3) is 11.0 Å². The lowest BCUT2D eigenvalue weighted by Gasteiger charge is -2.00. The molecule has 0 bridgehead atoms. The van der Waals surface area contributed by atoms with Crippen molar-refractivity contribution in [3.05, 3.63) is 24.0 Å². The van der Waals surface area contributed by atoms with Crippen molar-refractivity contribution in [2.24, 2.45) is 0 Å². The van der Waals surface area contributed by atoms with Crippen molar-refractivity contribution in [3.63, 3.8) is 0 Å². The van der Waals surface area contributed by atoms with E-state index in [1.165, 1.54) is 0 Å². The van der Waals surface area contributed by atoms with Crippen molar-refractivity contribution in [1.29, 1.82) is 0 Å². The maximum atomic E-state index is 5.32. The Bertz CT molecular complexity index is 508. The van der Waals surface area contributed by atoms with E-state index >= 15 is 0 Å². The molecule has 1 heterocycles. The summed E-state index contributed by atoms with van der Waals surface area (Å²) in [6.07, 6.45) is 6.02. The molecule has 15 heavy (non-hydrogen) atoms. The molecule has 0 aliphatic heterocycles. The fourth-order valence-corrected chi connectivity index (χ4v) is 1.42. The second-order valence-electron chi connectivity index (χ2n) is 3.21. The number of benzene rings is 1. The monoisotopic (exact) mass is 200 g/mol. The lowest BCUT2D eigenvalue weighted by atomic mass is 10.3. The molecule has 2 rings (SSSR count). The van der Waals surface area contributed by atoms with Gasteiger partial charge >= 0.3 is 0 Å². The molecule has 0 fully saturated rings. The number of fused-ring (bicyclic) bond motifs is 1. The van der Waals surface area contributed by atoms with Gasteiger partial charge < -0.3 is 9.72 Å². The summed E-state index contributed by atoms with van der Waals surface area (Å²) >= 11 is 0. The van der Waals surface area contributed by atoms with Gasteiger partial charge in [-0.25, -0.2) is 4.98 Å². The van der Waals surface area contributed by atoms with Crippen molar-refractivity contribution in [2.75, 3.05) is 6.61 Å². The van der Waals surface area contributed by atoms with Crippen LogP contribution in [0.15, 0.2) is 18.2 Å². The number of terminal acetylenes is 1. The van der Waals surface area contributed by atoms with Gasteiger partial charge in [0.15, 0.2) is 0 Å². The molecule has 3 heteroatoms. The van der Waals surface area contributed by atoms with Crippen LogP contribution in [0.5, 0.6) is 5.75 Å². The van der Waals surface area contributed by atoms with Gasteiger partial charge in [0, 0.05) is 12.5 Å². The van der Waals surface area contributed by atoms with Crippen molar-refractivity contribution in [1.82, 2.24) is 9.97 Å². The number of hydrogen-bond acceptors (Lipinski definition) is 2. The van der Waals surface area contributed by atoms with Gasteiger partial charge in [-0.1, -0.05) is 12.8 Å². The minimum Gasteiger partial charge on any atom is -0.481 e. The van der Waals surface area contributed by atoms with Gasteiger partial charge in [-0.15, -0.1) is 6.42 Å². The molecule has 1 aromatic carbocycles. The molecule has 76 valence electrons. The molecule has 0 saturated carbocycles. The highest BCUT2D eigenvalue weighted by molar-refractivity contribution is 5.76. The molecule has 0 unspecified atom stereocenters. The molecule has 1 aromatic heterocycles. The Morgan fingerprint density at radius 1 is 1.53 bits per heavy atom. The van der Waals surface area contributed by atoms with Crippen LogP contribution >= 0.6 is 0 Å². The lowest BCUT2D eigenvalue weighted by Crippen LogP contribution is -1.92. The molecule has 0 atom stereocenters. The summed E-state index contributed by atoms with van der Waals surface area (Å²) in [5, 5.41) is 0. The largest absolute Gasteiger partial charge is 0.481 e. The quantitative estimate of drug-likeness (QED) is 0.771. The smallest absolute Gasteiger partial charge is 0.148 e. The fraction of sp³-hybridized carbons (Fsp3) is 0.250. The van der Waals surface area contributed by atoms with E-state index in [1.807, 2.05) is 18.2 Å². The van der Waals surface area contributed by atoms with Gasteiger partial charge in [0.2, 0.25) is 0 Å². The Morgan fingerprint density at radius 2 is 2.40 bits per heavy atom. The van der Waals surface area contributed by atoms with Crippen LogP contribution in [0.3, 0.4) is 0 Å². The number of aromatic nitrogens is 2. The third-order valence-electron chi connectivity index (χ3n) is 2.16. The molecule has 0 saturated heterocycles. The van der Waals surface area contributed by atoms with Crippen molar-refractivity contribution in [3.8, 4) is 18.1 Å². The van der Waals surface area contributed by atoms with Crippen LogP contribution in [0.2, 0.25) is 0 Å². The number of aromatic amines is 1. The second-order valence-corrected chi connectivity index (χ2v) is 3.21. The first kappa shape index (κ1) is 9.60. The van der Waals surface area contributed by atoms with Gasteiger partial charge in [0.1, 0.15) is 18.2 Å². The number of nitrogens with one attached hydrogen (secondary N) is 1. The van der Waals surface area contributed by atoms with Crippen LogP contribution in [0, 0.1) is 12.3 Å². The van der Waals surface area contributed by atoms with E-state index < -0.39 is 0 Å². The van der Waals surface area contributed by atoms with E-state index in [0.29, 0.717) is 6.61 Å². The van der Waals surface area contributed by atoms with Crippen LogP contribution in [-0.4, -0.2) is 16.6 Å². The Kier molecular flexibility index (Phi) is 2.59. The number of hydrogen-bond donors (Lipinski definition) is 1. The number of ether oxygens (including phenoxy) is 1. The summed E-state index contributed by atoms with van der Waals surface area (Å²) in [7, 11) is 0. The predicted molar refractivity (Wildman–Crippen MR) is 59.8 cm³/mol. The number of aryl methyl sites for hydroxylation is 1. The van der Waals surface area contributed by atoms with Crippen molar-refractivity contribution in [2.45, 2.75) is 13.3 Å². The lowest BCUT2D eigenvalue weighted by molar-refractivity contribution is 0.371. The molecule has 0 spiro atoms. The highest BCUT2D eigenvalue weighted by Crippen LogP contribution is 2.19. The van der Waals surface area contributed by atoms with Crippen LogP contribution in [0.4, 0.5) is 0 Å². The number of rotatable bonds is 3. The van der Waals surface area contributed by atoms with E-state index in [9.17, 15) is 0 Å². The maximum absolute atomic E-state index is 5.32. The first-order chi connectivity index (χ1) is 7.33. The summed E-state index contributed by atoms with van der Waals surface area (Å²) in [4.78, 5) is 7.62. The minimum absolute atomic E-state index is 0.292. The zero-order valence-electron chi connectivity index (χ0n) is 8.58. The summed E-state index contributed by atoms with van der Waals surface area (Å²) in [6, 6.07) is 5.72. The average molecular weight is 200 g/mol. The van der Waals surface area contributed by atoms with Gasteiger partial charge in [0.25, 0.3) is 0 Å². The minimum atomic E-state index is 0.292. The topological polar surface area (TPSA) is 37.9 Å². The van der Waals surface area contributed by atoms with E-state index in [0.717, 1.165) is 29.0 Å².